The molecule has 0 atom stereocenters. The summed E-state index contributed by atoms with van der Waals surface area (Å²) in [5, 5.41) is 18.9. The number of carboxylic acid groups (broad SMARTS) is 1. The highest BCUT2D eigenvalue weighted by Crippen LogP contribution is 2.41. The number of carbonyl (C=O) groups is 1. The first kappa shape index (κ1) is 26.8. The Bertz CT molecular complexity index is 996. The van der Waals surface area contributed by atoms with Crippen LogP contribution in [0.3, 0.4) is 0 Å². The summed E-state index contributed by atoms with van der Waals surface area (Å²) in [5.74, 6) is -0.755. The predicted molar refractivity (Wildman–Crippen MR) is 143 cm³/mol. The fraction of sp³-hybridized carbons (Fsp3) is 0.552. The van der Waals surface area contributed by atoms with E-state index in [2.05, 4.69) is 61.3 Å². The van der Waals surface area contributed by atoms with Gasteiger partial charge in [-0.05, 0) is 99.7 Å². The average Bonchev–Trinajstić information content (AvgIpc) is 3.24. The lowest BCUT2D eigenvalue weighted by Crippen LogP contribution is -2.29. The van der Waals surface area contributed by atoms with Gasteiger partial charge in [-0.1, -0.05) is 54.6 Å². The summed E-state index contributed by atoms with van der Waals surface area (Å²) >= 11 is 2.06. The highest BCUT2D eigenvalue weighted by atomic mass is 32.2. The van der Waals surface area contributed by atoms with Crippen LogP contribution in [0.15, 0.2) is 24.3 Å². The van der Waals surface area contributed by atoms with Gasteiger partial charge in [0.2, 0.25) is 0 Å². The largest absolute Gasteiger partial charge is 0.481 e. The van der Waals surface area contributed by atoms with Crippen molar-refractivity contribution in [1.29, 1.82) is 0 Å². The molecule has 1 aliphatic heterocycles. The lowest BCUT2D eigenvalue weighted by molar-refractivity contribution is -0.136. The van der Waals surface area contributed by atoms with Crippen LogP contribution >= 0.6 is 11.9 Å². The average molecular weight is 484 g/mol. The van der Waals surface area contributed by atoms with Crippen molar-refractivity contribution in [3.05, 3.63) is 57.6 Å². The van der Waals surface area contributed by atoms with E-state index in [1.165, 1.54) is 53.5 Å². The monoisotopic (exact) mass is 483 g/mol. The van der Waals surface area contributed by atoms with Crippen LogP contribution in [-0.4, -0.2) is 37.9 Å². The summed E-state index contributed by atoms with van der Waals surface area (Å²) in [5.41, 5.74) is 9.25. The number of aryl methyl sites for hydroxylation is 1. The molecule has 0 amide bonds. The molecule has 1 saturated carbocycles. The standard InChI is InChI=1S/C25H31NO2S.C4H10O/c1-16-8-10-19(11-9-16)25-18(3)23-15-26(29-20-6-4-5-7-20)13-12-21(23)17(2)22(25)14-24(27)28;1-4(2,3)5/h8-11,20H,4-7,12-15H2,1-3H3,(H,27,28);5H,1-3H3. The SMILES string of the molecule is CC(C)(C)O.Cc1ccc(-c2c(C)c3c(c(C)c2CC(=O)O)CCN(SC2CCCC2)C3)cc1. The number of hydrogen-bond acceptors (Lipinski definition) is 4. The normalized spacial score (nSPS) is 16.7. The summed E-state index contributed by atoms with van der Waals surface area (Å²) in [7, 11) is 0. The van der Waals surface area contributed by atoms with E-state index in [9.17, 15) is 9.90 Å². The van der Waals surface area contributed by atoms with E-state index in [4.69, 9.17) is 5.11 Å². The summed E-state index contributed by atoms with van der Waals surface area (Å²) in [4.78, 5) is 11.7. The smallest absolute Gasteiger partial charge is 0.307 e. The molecule has 0 unspecified atom stereocenters. The van der Waals surface area contributed by atoms with Crippen molar-refractivity contribution >= 4 is 17.9 Å². The minimum absolute atomic E-state index is 0.0870. The van der Waals surface area contributed by atoms with Gasteiger partial charge in [-0.25, -0.2) is 4.31 Å². The number of aliphatic carboxylic acids is 1. The predicted octanol–water partition coefficient (Wildman–Crippen LogP) is 6.63. The van der Waals surface area contributed by atoms with Gasteiger partial charge in [0.1, 0.15) is 0 Å². The second kappa shape index (κ2) is 11.3. The Labute approximate surface area is 209 Å². The van der Waals surface area contributed by atoms with Crippen molar-refractivity contribution in [3.8, 4) is 11.1 Å². The summed E-state index contributed by atoms with van der Waals surface area (Å²) in [6.45, 7) is 13.7. The van der Waals surface area contributed by atoms with Crippen LogP contribution < -0.4 is 0 Å². The van der Waals surface area contributed by atoms with Gasteiger partial charge in [0.25, 0.3) is 0 Å². The van der Waals surface area contributed by atoms with E-state index in [0.717, 1.165) is 41.5 Å². The van der Waals surface area contributed by atoms with Crippen molar-refractivity contribution in [2.45, 2.75) is 97.5 Å². The van der Waals surface area contributed by atoms with Crippen molar-refractivity contribution in [1.82, 2.24) is 4.31 Å². The van der Waals surface area contributed by atoms with Gasteiger partial charge in [-0.15, -0.1) is 0 Å². The molecular weight excluding hydrogens is 442 g/mol. The number of carboxylic acids is 1. The second-order valence-electron chi connectivity index (χ2n) is 10.8. The Morgan fingerprint density at radius 3 is 2.18 bits per heavy atom. The molecule has 2 N–H and O–H groups in total. The van der Waals surface area contributed by atoms with E-state index < -0.39 is 11.6 Å². The number of fused-ring (bicyclic) bond motifs is 1. The number of benzene rings is 2. The molecule has 0 radical (unpaired) electrons. The zero-order valence-electron chi connectivity index (χ0n) is 21.7. The maximum atomic E-state index is 11.7. The van der Waals surface area contributed by atoms with Gasteiger partial charge < -0.3 is 10.2 Å². The second-order valence-corrected chi connectivity index (χ2v) is 12.2. The van der Waals surface area contributed by atoms with Gasteiger partial charge >= 0.3 is 5.97 Å². The topological polar surface area (TPSA) is 60.8 Å². The first-order valence-electron chi connectivity index (χ1n) is 12.5. The lowest BCUT2D eigenvalue weighted by Gasteiger charge is -2.34. The Morgan fingerprint density at radius 1 is 1.03 bits per heavy atom. The molecule has 186 valence electrons. The Hall–Kier alpha value is -1.82. The first-order valence-corrected chi connectivity index (χ1v) is 13.3. The van der Waals surface area contributed by atoms with E-state index >= 15 is 0 Å². The fourth-order valence-electron chi connectivity index (χ4n) is 5.02. The van der Waals surface area contributed by atoms with Crippen LogP contribution in [0.25, 0.3) is 11.1 Å². The summed E-state index contributed by atoms with van der Waals surface area (Å²) < 4.78 is 2.56. The van der Waals surface area contributed by atoms with Crippen molar-refractivity contribution in [3.63, 3.8) is 0 Å². The molecule has 1 aliphatic carbocycles. The number of aliphatic hydroxyl groups is 1. The van der Waals surface area contributed by atoms with Gasteiger partial charge in [0.05, 0.1) is 12.0 Å². The molecule has 1 heterocycles. The van der Waals surface area contributed by atoms with Gasteiger partial charge in [-0.3, -0.25) is 4.79 Å². The summed E-state index contributed by atoms with van der Waals surface area (Å²) in [6.07, 6.45) is 6.54. The zero-order valence-corrected chi connectivity index (χ0v) is 22.5. The van der Waals surface area contributed by atoms with Crippen LogP contribution in [0.2, 0.25) is 0 Å². The maximum Gasteiger partial charge on any atom is 0.307 e. The third-order valence-electron chi connectivity index (χ3n) is 6.61. The van der Waals surface area contributed by atoms with Crippen LogP contribution in [0.5, 0.6) is 0 Å². The molecule has 4 nitrogen and oxygen atoms in total. The molecule has 0 aromatic heterocycles. The van der Waals surface area contributed by atoms with Crippen molar-refractivity contribution < 1.29 is 15.0 Å². The lowest BCUT2D eigenvalue weighted by atomic mass is 9.81. The molecule has 4 rings (SSSR count). The van der Waals surface area contributed by atoms with Crippen LogP contribution in [0, 0.1) is 20.8 Å². The highest BCUT2D eigenvalue weighted by molar-refractivity contribution is 7.97. The molecule has 34 heavy (non-hydrogen) atoms. The number of nitrogens with zero attached hydrogens (tertiary/aromatic N) is 1. The Morgan fingerprint density at radius 2 is 1.62 bits per heavy atom. The van der Waals surface area contributed by atoms with Crippen LogP contribution in [-0.2, 0) is 24.2 Å². The van der Waals surface area contributed by atoms with Crippen molar-refractivity contribution in [2.24, 2.45) is 0 Å². The number of rotatable bonds is 5. The Kier molecular flexibility index (Phi) is 8.88. The van der Waals surface area contributed by atoms with E-state index in [1.807, 2.05) is 0 Å². The number of hydrogen-bond donors (Lipinski definition) is 2. The fourth-order valence-corrected chi connectivity index (χ4v) is 6.39. The molecule has 0 bridgehead atoms. The zero-order chi connectivity index (χ0) is 25.0. The quantitative estimate of drug-likeness (QED) is 0.467. The van der Waals surface area contributed by atoms with Gasteiger partial charge in [0, 0.05) is 18.3 Å². The molecule has 2 aromatic rings. The van der Waals surface area contributed by atoms with Crippen LogP contribution in [0.4, 0.5) is 0 Å². The molecule has 2 aromatic carbocycles. The molecule has 1 fully saturated rings. The summed E-state index contributed by atoms with van der Waals surface area (Å²) in [6, 6.07) is 8.53. The van der Waals surface area contributed by atoms with Gasteiger partial charge in [-0.2, -0.15) is 0 Å². The minimum Gasteiger partial charge on any atom is -0.481 e. The van der Waals surface area contributed by atoms with Crippen LogP contribution in [0.1, 0.15) is 79.8 Å². The molecule has 0 saturated heterocycles. The highest BCUT2D eigenvalue weighted by Gasteiger charge is 2.28. The molecular formula is C29H41NO3S. The van der Waals surface area contributed by atoms with Gasteiger partial charge in [0.15, 0.2) is 0 Å². The third-order valence-corrected chi connectivity index (χ3v) is 7.99. The minimum atomic E-state index is -0.755. The maximum absolute atomic E-state index is 11.7. The van der Waals surface area contributed by atoms with E-state index in [0.29, 0.717) is 0 Å². The first-order chi connectivity index (χ1) is 15.9. The Balaban J connectivity index is 0.000000588. The van der Waals surface area contributed by atoms with E-state index in [-0.39, 0.29) is 6.42 Å². The molecule has 0 spiro atoms. The third kappa shape index (κ3) is 7.10. The molecule has 2 aliphatic rings. The molecule has 5 heteroatoms. The van der Waals surface area contributed by atoms with Crippen molar-refractivity contribution in [2.75, 3.05) is 6.54 Å². The van der Waals surface area contributed by atoms with E-state index in [1.54, 1.807) is 20.8 Å².